The smallest absolute Gasteiger partial charge is 0.262 e. The highest BCUT2D eigenvalue weighted by atomic mass is 79.9. The number of ketones is 1. The Morgan fingerprint density at radius 1 is 1.41 bits per heavy atom. The topological polar surface area (TPSA) is 72.5 Å². The first-order valence-electron chi connectivity index (χ1n) is 4.89. The highest BCUT2D eigenvalue weighted by Crippen LogP contribution is 2.24. The summed E-state index contributed by atoms with van der Waals surface area (Å²) in [5.74, 6) is -0.397. The minimum Gasteiger partial charge on any atom is -0.378 e. The van der Waals surface area contributed by atoms with Crippen LogP contribution in [0, 0.1) is 0 Å². The van der Waals surface area contributed by atoms with Crippen LogP contribution < -0.4 is 5.73 Å². The molecular weight excluding hydrogens is 304 g/mol. The first kappa shape index (κ1) is 12.3. The number of amidine groups is 1. The van der Waals surface area contributed by atoms with Gasteiger partial charge in [0.25, 0.3) is 5.91 Å². The van der Waals surface area contributed by atoms with Crippen molar-refractivity contribution in [2.45, 2.75) is 11.7 Å². The summed E-state index contributed by atoms with van der Waals surface area (Å²) in [6.45, 7) is 0. The molecule has 0 saturated carbocycles. The largest absolute Gasteiger partial charge is 0.378 e. The number of halogens is 1. The van der Waals surface area contributed by atoms with Crippen molar-refractivity contribution in [3.63, 3.8) is 0 Å². The van der Waals surface area contributed by atoms with Crippen LogP contribution in [-0.2, 0) is 4.79 Å². The van der Waals surface area contributed by atoms with Gasteiger partial charge in [0.2, 0.25) is 0 Å². The van der Waals surface area contributed by atoms with Gasteiger partial charge in [-0.15, -0.1) is 0 Å². The first-order chi connectivity index (χ1) is 8.06. The Morgan fingerprint density at radius 2 is 2.06 bits per heavy atom. The van der Waals surface area contributed by atoms with Gasteiger partial charge in [-0.2, -0.15) is 4.99 Å². The van der Waals surface area contributed by atoms with Crippen LogP contribution in [-0.4, -0.2) is 22.1 Å². The highest BCUT2D eigenvalue weighted by molar-refractivity contribution is 9.10. The van der Waals surface area contributed by atoms with E-state index in [1.807, 2.05) is 0 Å². The summed E-state index contributed by atoms with van der Waals surface area (Å²) < 4.78 is 0.910. The zero-order valence-electron chi connectivity index (χ0n) is 8.72. The molecule has 1 amide bonds. The Bertz CT molecular complexity index is 499. The summed E-state index contributed by atoms with van der Waals surface area (Å²) in [5, 5.41) is -0.227. The Hall–Kier alpha value is -1.14. The number of aliphatic imine (C=N–C) groups is 1. The molecular formula is C11H9BrN2O2S. The number of carbonyl (C=O) groups excluding carboxylic acids is 2. The van der Waals surface area contributed by atoms with Gasteiger partial charge in [-0.25, -0.2) is 0 Å². The number of thioether (sulfide) groups is 1. The van der Waals surface area contributed by atoms with Gasteiger partial charge in [-0.1, -0.05) is 39.8 Å². The molecule has 2 N–H and O–H groups in total. The number of hydrogen-bond acceptors (Lipinski definition) is 4. The molecule has 17 heavy (non-hydrogen) atoms. The van der Waals surface area contributed by atoms with Crippen molar-refractivity contribution in [2.75, 3.05) is 0 Å². The monoisotopic (exact) mass is 312 g/mol. The van der Waals surface area contributed by atoms with Gasteiger partial charge in [0.05, 0.1) is 0 Å². The third-order valence-corrected chi connectivity index (χ3v) is 3.81. The molecule has 4 nitrogen and oxygen atoms in total. The summed E-state index contributed by atoms with van der Waals surface area (Å²) in [4.78, 5) is 26.8. The lowest BCUT2D eigenvalue weighted by Crippen LogP contribution is -2.16. The van der Waals surface area contributed by atoms with Crippen LogP contribution in [0.2, 0.25) is 0 Å². The van der Waals surface area contributed by atoms with E-state index in [9.17, 15) is 9.59 Å². The standard InChI is InChI=1S/C11H9BrN2O2S/c12-7-3-1-6(2-4-7)8(15)5-9-10(16)14-11(13)17-9/h1-4,9H,5H2,(H2,13,14,16)/t9-/m0/s1. The van der Waals surface area contributed by atoms with E-state index in [0.717, 1.165) is 16.2 Å². The lowest BCUT2D eigenvalue weighted by Gasteiger charge is -2.05. The van der Waals surface area contributed by atoms with Crippen molar-refractivity contribution in [2.24, 2.45) is 10.7 Å². The molecule has 1 aliphatic rings. The Morgan fingerprint density at radius 3 is 2.59 bits per heavy atom. The number of carbonyl (C=O) groups is 2. The predicted octanol–water partition coefficient (Wildman–Crippen LogP) is 1.98. The second-order valence-corrected chi connectivity index (χ2v) is 5.67. The lowest BCUT2D eigenvalue weighted by molar-refractivity contribution is -0.117. The maximum atomic E-state index is 11.9. The number of benzene rings is 1. The van der Waals surface area contributed by atoms with Crippen molar-refractivity contribution in [3.8, 4) is 0 Å². The molecule has 1 aliphatic heterocycles. The van der Waals surface area contributed by atoms with Crippen molar-refractivity contribution in [1.82, 2.24) is 0 Å². The van der Waals surface area contributed by atoms with E-state index in [1.54, 1.807) is 24.3 Å². The van der Waals surface area contributed by atoms with E-state index in [-0.39, 0.29) is 23.3 Å². The van der Waals surface area contributed by atoms with Crippen molar-refractivity contribution in [3.05, 3.63) is 34.3 Å². The van der Waals surface area contributed by atoms with Gasteiger partial charge in [0.1, 0.15) is 5.25 Å². The molecule has 0 spiro atoms. The molecule has 0 radical (unpaired) electrons. The number of nitrogens with two attached hydrogens (primary N) is 1. The van der Waals surface area contributed by atoms with Crippen LogP contribution in [0.3, 0.4) is 0 Å². The average Bonchev–Trinajstić information content (AvgIpc) is 2.58. The van der Waals surface area contributed by atoms with Crippen LogP contribution in [0.5, 0.6) is 0 Å². The van der Waals surface area contributed by atoms with E-state index in [4.69, 9.17) is 5.73 Å². The quantitative estimate of drug-likeness (QED) is 0.866. The fourth-order valence-electron chi connectivity index (χ4n) is 1.45. The molecule has 0 aliphatic carbocycles. The fraction of sp³-hybridized carbons (Fsp3) is 0.182. The van der Waals surface area contributed by atoms with E-state index < -0.39 is 5.25 Å². The fourth-order valence-corrected chi connectivity index (χ4v) is 2.54. The van der Waals surface area contributed by atoms with Crippen molar-refractivity contribution in [1.29, 1.82) is 0 Å². The lowest BCUT2D eigenvalue weighted by atomic mass is 10.1. The molecule has 0 saturated heterocycles. The van der Waals surface area contributed by atoms with E-state index in [0.29, 0.717) is 5.56 Å². The zero-order valence-corrected chi connectivity index (χ0v) is 11.1. The van der Waals surface area contributed by atoms with Crippen LogP contribution in [0.25, 0.3) is 0 Å². The first-order valence-corrected chi connectivity index (χ1v) is 6.57. The van der Waals surface area contributed by atoms with Gasteiger partial charge in [0.15, 0.2) is 11.0 Å². The van der Waals surface area contributed by atoms with Crippen LogP contribution in [0.15, 0.2) is 33.7 Å². The molecule has 88 valence electrons. The van der Waals surface area contributed by atoms with E-state index >= 15 is 0 Å². The third-order valence-electron chi connectivity index (χ3n) is 2.30. The molecule has 1 atom stereocenters. The van der Waals surface area contributed by atoms with Gasteiger partial charge in [-0.3, -0.25) is 9.59 Å². The van der Waals surface area contributed by atoms with Crippen LogP contribution in [0.1, 0.15) is 16.8 Å². The van der Waals surface area contributed by atoms with Crippen molar-refractivity contribution < 1.29 is 9.59 Å². The van der Waals surface area contributed by atoms with E-state index in [2.05, 4.69) is 20.9 Å². The Balaban J connectivity index is 2.03. The Labute approximate surface area is 111 Å². The summed E-state index contributed by atoms with van der Waals surface area (Å²) in [5.41, 5.74) is 6.01. The molecule has 1 aromatic rings. The molecule has 1 heterocycles. The summed E-state index contributed by atoms with van der Waals surface area (Å²) >= 11 is 4.44. The number of amides is 1. The highest BCUT2D eigenvalue weighted by Gasteiger charge is 2.29. The number of hydrogen-bond donors (Lipinski definition) is 1. The second-order valence-electron chi connectivity index (χ2n) is 3.53. The van der Waals surface area contributed by atoms with Gasteiger partial charge in [0, 0.05) is 16.5 Å². The second kappa shape index (κ2) is 5.01. The molecule has 1 aromatic carbocycles. The normalized spacial score (nSPS) is 19.2. The van der Waals surface area contributed by atoms with Gasteiger partial charge in [-0.05, 0) is 12.1 Å². The molecule has 6 heteroatoms. The minimum atomic E-state index is -0.467. The Kier molecular flexibility index (Phi) is 3.63. The SMILES string of the molecule is NC1=NC(=O)[C@H](CC(=O)c2ccc(Br)cc2)S1. The molecule has 0 bridgehead atoms. The van der Waals surface area contributed by atoms with Crippen LogP contribution >= 0.6 is 27.7 Å². The predicted molar refractivity (Wildman–Crippen MR) is 71.1 cm³/mol. The summed E-state index contributed by atoms with van der Waals surface area (Å²) in [6.07, 6.45) is 0.134. The van der Waals surface area contributed by atoms with Crippen LogP contribution in [0.4, 0.5) is 0 Å². The minimum absolute atomic E-state index is 0.0757. The molecule has 2 rings (SSSR count). The number of rotatable bonds is 3. The molecule has 0 aromatic heterocycles. The molecule has 0 unspecified atom stereocenters. The average molecular weight is 313 g/mol. The summed E-state index contributed by atoms with van der Waals surface area (Å²) in [7, 11) is 0. The van der Waals surface area contributed by atoms with Crippen molar-refractivity contribution >= 4 is 44.5 Å². The maximum absolute atomic E-state index is 11.9. The maximum Gasteiger partial charge on any atom is 0.262 e. The summed E-state index contributed by atoms with van der Waals surface area (Å²) in [6, 6.07) is 7.03. The van der Waals surface area contributed by atoms with Gasteiger partial charge < -0.3 is 5.73 Å². The molecule has 0 fully saturated rings. The zero-order chi connectivity index (χ0) is 12.4. The third kappa shape index (κ3) is 2.95. The van der Waals surface area contributed by atoms with E-state index in [1.165, 1.54) is 0 Å². The van der Waals surface area contributed by atoms with Gasteiger partial charge >= 0.3 is 0 Å². The number of Topliss-reactive ketones (excluding diaryl/α,β-unsaturated/α-hetero) is 1. The number of nitrogens with zero attached hydrogens (tertiary/aromatic N) is 1.